The van der Waals surface area contributed by atoms with Crippen molar-refractivity contribution in [2.45, 2.75) is 26.9 Å². The van der Waals surface area contributed by atoms with Gasteiger partial charge in [0.05, 0.1) is 6.10 Å². The number of fused-ring (bicyclic) bond motifs is 1. The van der Waals surface area contributed by atoms with E-state index in [2.05, 4.69) is 11.4 Å². The van der Waals surface area contributed by atoms with Gasteiger partial charge in [0.25, 0.3) is 5.91 Å². The minimum absolute atomic E-state index is 0.182. The Kier molecular flexibility index (Phi) is 5.94. The maximum Gasteiger partial charge on any atom is 0.344 e. The van der Waals surface area contributed by atoms with Crippen LogP contribution in [-0.4, -0.2) is 24.6 Å². The first-order chi connectivity index (χ1) is 13.4. The van der Waals surface area contributed by atoms with Crippen molar-refractivity contribution in [3.63, 3.8) is 0 Å². The first-order valence-electron chi connectivity index (χ1n) is 9.15. The largest absolute Gasteiger partial charge is 0.482 e. The highest BCUT2D eigenvalue weighted by Gasteiger charge is 2.11. The number of ether oxygens (including phenoxy) is 2. The SMILES string of the molecule is Cc1ccc2c(C(=O)Nc3cccc(OCC(=O)OC(C)C)c3)cccc2c1. The molecule has 0 aliphatic heterocycles. The second-order valence-corrected chi connectivity index (χ2v) is 6.84. The molecule has 0 atom stereocenters. The zero-order valence-corrected chi connectivity index (χ0v) is 16.2. The van der Waals surface area contributed by atoms with Crippen LogP contribution in [0.2, 0.25) is 0 Å². The zero-order chi connectivity index (χ0) is 20.1. The molecule has 0 bridgehead atoms. The van der Waals surface area contributed by atoms with E-state index in [4.69, 9.17) is 9.47 Å². The molecule has 0 fully saturated rings. The van der Waals surface area contributed by atoms with Gasteiger partial charge in [-0.15, -0.1) is 0 Å². The number of amides is 1. The van der Waals surface area contributed by atoms with E-state index in [1.807, 2.05) is 31.2 Å². The van der Waals surface area contributed by atoms with E-state index in [0.717, 1.165) is 16.3 Å². The molecule has 0 unspecified atom stereocenters. The fraction of sp³-hybridized carbons (Fsp3) is 0.217. The second-order valence-electron chi connectivity index (χ2n) is 6.84. The summed E-state index contributed by atoms with van der Waals surface area (Å²) in [5, 5.41) is 4.81. The first kappa shape index (κ1) is 19.4. The minimum atomic E-state index is -0.435. The topological polar surface area (TPSA) is 64.6 Å². The Bertz CT molecular complexity index is 1010. The molecule has 3 rings (SSSR count). The number of rotatable bonds is 6. The molecule has 0 aliphatic rings. The Labute approximate surface area is 164 Å². The summed E-state index contributed by atoms with van der Waals surface area (Å²) in [6.07, 6.45) is -0.189. The number of esters is 1. The fourth-order valence-corrected chi connectivity index (χ4v) is 2.90. The zero-order valence-electron chi connectivity index (χ0n) is 16.2. The van der Waals surface area contributed by atoms with Crippen LogP contribution in [0.1, 0.15) is 29.8 Å². The summed E-state index contributed by atoms with van der Waals surface area (Å²) in [6.45, 7) is 5.40. The van der Waals surface area contributed by atoms with E-state index >= 15 is 0 Å². The molecule has 1 amide bonds. The average molecular weight is 377 g/mol. The predicted molar refractivity (Wildman–Crippen MR) is 110 cm³/mol. The first-order valence-corrected chi connectivity index (χ1v) is 9.15. The highest BCUT2D eigenvalue weighted by atomic mass is 16.6. The lowest BCUT2D eigenvalue weighted by molar-refractivity contribution is -0.149. The molecule has 0 saturated heterocycles. The van der Waals surface area contributed by atoms with Crippen molar-refractivity contribution < 1.29 is 19.1 Å². The Morgan fingerprint density at radius 2 is 1.79 bits per heavy atom. The lowest BCUT2D eigenvalue weighted by Gasteiger charge is -2.11. The maximum absolute atomic E-state index is 12.8. The standard InChI is InChI=1S/C23H23NO4/c1-15(2)28-22(25)14-27-19-8-5-7-18(13-19)24-23(26)21-9-4-6-17-12-16(3)10-11-20(17)21/h4-13,15H,14H2,1-3H3,(H,24,26). The van der Waals surface area contributed by atoms with Crippen LogP contribution in [0, 0.1) is 6.92 Å². The molecule has 0 saturated carbocycles. The van der Waals surface area contributed by atoms with E-state index in [-0.39, 0.29) is 18.6 Å². The van der Waals surface area contributed by atoms with Crippen LogP contribution in [0.15, 0.2) is 60.7 Å². The number of aryl methyl sites for hydroxylation is 1. The molecule has 0 radical (unpaired) electrons. The Balaban J connectivity index is 1.72. The molecule has 5 nitrogen and oxygen atoms in total. The molecule has 0 spiro atoms. The van der Waals surface area contributed by atoms with Gasteiger partial charge in [0.15, 0.2) is 6.61 Å². The number of hydrogen-bond donors (Lipinski definition) is 1. The molecular weight excluding hydrogens is 354 g/mol. The molecule has 3 aromatic rings. The van der Waals surface area contributed by atoms with Crippen LogP contribution >= 0.6 is 0 Å². The van der Waals surface area contributed by atoms with Crippen molar-refractivity contribution in [3.8, 4) is 5.75 Å². The minimum Gasteiger partial charge on any atom is -0.482 e. The van der Waals surface area contributed by atoms with Gasteiger partial charge in [-0.05, 0) is 49.7 Å². The van der Waals surface area contributed by atoms with Crippen molar-refractivity contribution in [1.82, 2.24) is 0 Å². The quantitative estimate of drug-likeness (QED) is 0.631. The third-order valence-corrected chi connectivity index (χ3v) is 4.10. The smallest absolute Gasteiger partial charge is 0.344 e. The number of carbonyl (C=O) groups is 2. The van der Waals surface area contributed by atoms with Crippen LogP contribution in [0.4, 0.5) is 5.69 Å². The molecule has 0 heterocycles. The van der Waals surface area contributed by atoms with E-state index in [1.54, 1.807) is 44.2 Å². The molecule has 5 heteroatoms. The molecule has 1 N–H and O–H groups in total. The highest BCUT2D eigenvalue weighted by Crippen LogP contribution is 2.23. The van der Waals surface area contributed by atoms with Gasteiger partial charge in [0, 0.05) is 17.3 Å². The lowest BCUT2D eigenvalue weighted by atomic mass is 10.0. The summed E-state index contributed by atoms with van der Waals surface area (Å²) in [4.78, 5) is 24.4. The lowest BCUT2D eigenvalue weighted by Crippen LogP contribution is -2.18. The number of benzene rings is 3. The average Bonchev–Trinajstić information content (AvgIpc) is 2.65. The van der Waals surface area contributed by atoms with Crippen LogP contribution < -0.4 is 10.1 Å². The summed E-state index contributed by atoms with van der Waals surface area (Å²) < 4.78 is 10.5. The van der Waals surface area contributed by atoms with Gasteiger partial charge in [-0.2, -0.15) is 0 Å². The Morgan fingerprint density at radius 3 is 2.57 bits per heavy atom. The van der Waals surface area contributed by atoms with E-state index in [0.29, 0.717) is 17.0 Å². The second kappa shape index (κ2) is 8.57. The van der Waals surface area contributed by atoms with Gasteiger partial charge < -0.3 is 14.8 Å². The van der Waals surface area contributed by atoms with Crippen LogP contribution in [0.25, 0.3) is 10.8 Å². The van der Waals surface area contributed by atoms with Gasteiger partial charge in [-0.3, -0.25) is 4.79 Å². The highest BCUT2D eigenvalue weighted by molar-refractivity contribution is 6.13. The van der Waals surface area contributed by atoms with Crippen LogP contribution in [0.3, 0.4) is 0 Å². The summed E-state index contributed by atoms with van der Waals surface area (Å²) in [6, 6.07) is 18.6. The maximum atomic E-state index is 12.8. The van der Waals surface area contributed by atoms with Crippen molar-refractivity contribution >= 4 is 28.3 Å². The van der Waals surface area contributed by atoms with Crippen molar-refractivity contribution in [2.75, 3.05) is 11.9 Å². The van der Waals surface area contributed by atoms with Gasteiger partial charge in [0.2, 0.25) is 0 Å². The molecule has 3 aromatic carbocycles. The number of hydrogen-bond acceptors (Lipinski definition) is 4. The van der Waals surface area contributed by atoms with Gasteiger partial charge >= 0.3 is 5.97 Å². The predicted octanol–water partition coefficient (Wildman–Crippen LogP) is 4.73. The molecule has 0 aliphatic carbocycles. The molecule has 0 aromatic heterocycles. The van der Waals surface area contributed by atoms with Crippen molar-refractivity contribution in [1.29, 1.82) is 0 Å². The van der Waals surface area contributed by atoms with Gasteiger partial charge in [-0.1, -0.05) is 42.0 Å². The third-order valence-electron chi connectivity index (χ3n) is 4.10. The Hall–Kier alpha value is -3.34. The third kappa shape index (κ3) is 4.88. The number of carbonyl (C=O) groups excluding carboxylic acids is 2. The monoisotopic (exact) mass is 377 g/mol. The van der Waals surface area contributed by atoms with Gasteiger partial charge in [0.1, 0.15) is 5.75 Å². The summed E-state index contributed by atoms with van der Waals surface area (Å²) in [7, 11) is 0. The van der Waals surface area contributed by atoms with Crippen molar-refractivity contribution in [3.05, 3.63) is 71.8 Å². The van der Waals surface area contributed by atoms with Gasteiger partial charge in [-0.25, -0.2) is 4.79 Å². The normalized spacial score (nSPS) is 10.7. The number of anilines is 1. The van der Waals surface area contributed by atoms with E-state index in [1.165, 1.54) is 0 Å². The van der Waals surface area contributed by atoms with Crippen LogP contribution in [-0.2, 0) is 9.53 Å². The number of nitrogens with one attached hydrogen (secondary N) is 1. The summed E-state index contributed by atoms with van der Waals surface area (Å²) >= 11 is 0. The summed E-state index contributed by atoms with van der Waals surface area (Å²) in [5.74, 6) is -0.159. The molecular formula is C23H23NO4. The Morgan fingerprint density at radius 1 is 1.00 bits per heavy atom. The molecule has 144 valence electrons. The van der Waals surface area contributed by atoms with Crippen LogP contribution in [0.5, 0.6) is 5.75 Å². The molecule has 28 heavy (non-hydrogen) atoms. The van der Waals surface area contributed by atoms with Crippen molar-refractivity contribution in [2.24, 2.45) is 0 Å². The fourth-order valence-electron chi connectivity index (χ4n) is 2.90. The van der Waals surface area contributed by atoms with E-state index < -0.39 is 5.97 Å². The van der Waals surface area contributed by atoms with E-state index in [9.17, 15) is 9.59 Å². The summed E-state index contributed by atoms with van der Waals surface area (Å²) in [5.41, 5.74) is 2.33.